The molecular weight excluding hydrogens is 392 g/mol. The summed E-state index contributed by atoms with van der Waals surface area (Å²) in [5.74, 6) is 1.51. The Kier molecular flexibility index (Phi) is 7.61. The van der Waals surface area contributed by atoms with E-state index in [-0.39, 0.29) is 4.90 Å². The van der Waals surface area contributed by atoms with Gasteiger partial charge >= 0.3 is 6.09 Å². The van der Waals surface area contributed by atoms with E-state index in [4.69, 9.17) is 4.74 Å². The number of nitrogens with zero attached hydrogens (tertiary/aromatic N) is 1. The minimum absolute atomic E-state index is 0.131. The van der Waals surface area contributed by atoms with Crippen LogP contribution in [0.1, 0.15) is 27.2 Å². The molecule has 7 nitrogen and oxygen atoms in total. The third-order valence-electron chi connectivity index (χ3n) is 4.25. The van der Waals surface area contributed by atoms with Crippen LogP contribution in [0.4, 0.5) is 10.6 Å². The maximum Gasteiger partial charge on any atom is 0.412 e. The van der Waals surface area contributed by atoms with Gasteiger partial charge in [0, 0.05) is 12.5 Å². The maximum absolute atomic E-state index is 12.3. The van der Waals surface area contributed by atoms with E-state index in [0.717, 1.165) is 12.7 Å². The minimum atomic E-state index is -3.50. The lowest BCUT2D eigenvalue weighted by atomic mass is 10.00. The van der Waals surface area contributed by atoms with Crippen molar-refractivity contribution in [2.45, 2.75) is 32.1 Å². The lowest BCUT2D eigenvalue weighted by Crippen LogP contribution is -2.13. The summed E-state index contributed by atoms with van der Waals surface area (Å²) in [5, 5.41) is 2.49. The average molecular weight is 421 g/mol. The van der Waals surface area contributed by atoms with Crippen molar-refractivity contribution >= 4 is 21.7 Å². The molecule has 1 atom stereocenters. The molecule has 0 fully saturated rings. The molecule has 1 amide bonds. The molecule has 0 bridgehead atoms. The lowest BCUT2D eigenvalue weighted by Gasteiger charge is -2.17. The predicted octanol–water partition coefficient (Wildman–Crippen LogP) is 4.39. The normalized spacial score (nSPS) is 12.5. The first kappa shape index (κ1) is 22.7. The van der Waals surface area contributed by atoms with Crippen molar-refractivity contribution in [3.63, 3.8) is 0 Å². The molecule has 1 aromatic carbocycles. The Morgan fingerprint density at radius 3 is 2.45 bits per heavy atom. The van der Waals surface area contributed by atoms with E-state index in [1.54, 1.807) is 30.3 Å². The summed E-state index contributed by atoms with van der Waals surface area (Å²) in [5.41, 5.74) is 1.37. The highest BCUT2D eigenvalue weighted by molar-refractivity contribution is 7.90. The van der Waals surface area contributed by atoms with Crippen molar-refractivity contribution in [2.75, 3.05) is 25.3 Å². The Balaban J connectivity index is 2.32. The van der Waals surface area contributed by atoms with Gasteiger partial charge in [0.05, 0.1) is 13.7 Å². The standard InChI is InChI=1S/C21H28N2O5S/c1-14(2)10-15(3)13-28-18-7-6-16(11-19(18)29(5,25)26)17-8-9-22-20(12-17)23-21(24)27-4/h6-9,11-12,14-15H,10,13H2,1-5H3,(H,22,23,24). The molecule has 1 heterocycles. The number of pyridine rings is 1. The van der Waals surface area contributed by atoms with Crippen LogP contribution in [-0.4, -0.2) is 39.5 Å². The largest absolute Gasteiger partial charge is 0.492 e. The fraction of sp³-hybridized carbons (Fsp3) is 0.429. The fourth-order valence-corrected chi connectivity index (χ4v) is 3.87. The Bertz CT molecular complexity index is 957. The Labute approximate surface area is 172 Å². The topological polar surface area (TPSA) is 94.6 Å². The number of anilines is 1. The first-order valence-electron chi connectivity index (χ1n) is 9.38. The zero-order valence-electron chi connectivity index (χ0n) is 17.4. The maximum atomic E-state index is 12.3. The number of hydrogen-bond acceptors (Lipinski definition) is 6. The number of ether oxygens (including phenoxy) is 2. The second kappa shape index (κ2) is 9.73. The van der Waals surface area contributed by atoms with Gasteiger partial charge < -0.3 is 9.47 Å². The summed E-state index contributed by atoms with van der Waals surface area (Å²) >= 11 is 0. The smallest absolute Gasteiger partial charge is 0.412 e. The minimum Gasteiger partial charge on any atom is -0.492 e. The molecule has 2 aromatic rings. The summed E-state index contributed by atoms with van der Waals surface area (Å²) in [4.78, 5) is 15.6. The molecule has 1 N–H and O–H groups in total. The summed E-state index contributed by atoms with van der Waals surface area (Å²) in [6.07, 6.45) is 3.05. The third-order valence-corrected chi connectivity index (χ3v) is 5.37. The number of nitrogens with one attached hydrogen (secondary N) is 1. The first-order chi connectivity index (χ1) is 13.6. The second-order valence-corrected chi connectivity index (χ2v) is 9.51. The van der Waals surface area contributed by atoms with Crippen molar-refractivity contribution in [3.8, 4) is 16.9 Å². The highest BCUT2D eigenvalue weighted by Gasteiger charge is 2.18. The first-order valence-corrected chi connectivity index (χ1v) is 11.3. The van der Waals surface area contributed by atoms with Gasteiger partial charge in [-0.2, -0.15) is 0 Å². The molecule has 0 radical (unpaired) electrons. The second-order valence-electron chi connectivity index (χ2n) is 7.53. The molecule has 0 aliphatic carbocycles. The highest BCUT2D eigenvalue weighted by atomic mass is 32.2. The van der Waals surface area contributed by atoms with Crippen LogP contribution < -0.4 is 10.1 Å². The van der Waals surface area contributed by atoms with Gasteiger partial charge in [0.15, 0.2) is 9.84 Å². The molecule has 8 heteroatoms. The molecular formula is C21H28N2O5S. The molecule has 1 unspecified atom stereocenters. The summed E-state index contributed by atoms with van der Waals surface area (Å²) in [6, 6.07) is 8.41. The molecule has 2 rings (SSSR count). The van der Waals surface area contributed by atoms with Gasteiger partial charge in [-0.25, -0.2) is 18.2 Å². The van der Waals surface area contributed by atoms with Crippen molar-refractivity contribution < 1.29 is 22.7 Å². The predicted molar refractivity (Wildman–Crippen MR) is 113 cm³/mol. The number of rotatable bonds is 8. The van der Waals surface area contributed by atoms with E-state index < -0.39 is 15.9 Å². The van der Waals surface area contributed by atoms with E-state index in [1.807, 2.05) is 0 Å². The number of carbonyl (C=O) groups is 1. The van der Waals surface area contributed by atoms with E-state index in [1.165, 1.54) is 13.3 Å². The quantitative estimate of drug-likeness (QED) is 0.680. The van der Waals surface area contributed by atoms with Crippen molar-refractivity contribution in [3.05, 3.63) is 36.5 Å². The van der Waals surface area contributed by atoms with Crippen LogP contribution in [0.3, 0.4) is 0 Å². The van der Waals surface area contributed by atoms with Gasteiger partial charge in [0.2, 0.25) is 0 Å². The van der Waals surface area contributed by atoms with Crippen molar-refractivity contribution in [2.24, 2.45) is 11.8 Å². The zero-order chi connectivity index (χ0) is 21.6. The van der Waals surface area contributed by atoms with E-state index in [2.05, 4.69) is 35.8 Å². The van der Waals surface area contributed by atoms with Crippen LogP contribution in [-0.2, 0) is 14.6 Å². The molecule has 0 saturated heterocycles. The van der Waals surface area contributed by atoms with Crippen molar-refractivity contribution in [1.29, 1.82) is 0 Å². The van der Waals surface area contributed by atoms with Gasteiger partial charge in [-0.3, -0.25) is 5.32 Å². The molecule has 0 spiro atoms. The Morgan fingerprint density at radius 2 is 1.83 bits per heavy atom. The van der Waals surface area contributed by atoms with Gasteiger partial charge in [-0.15, -0.1) is 0 Å². The summed E-state index contributed by atoms with van der Waals surface area (Å²) < 4.78 is 35.1. The monoisotopic (exact) mass is 420 g/mol. The summed E-state index contributed by atoms with van der Waals surface area (Å²) in [7, 11) is -2.24. The fourth-order valence-electron chi connectivity index (χ4n) is 3.04. The van der Waals surface area contributed by atoms with E-state index in [0.29, 0.717) is 41.1 Å². The molecule has 0 saturated carbocycles. The average Bonchev–Trinajstić information content (AvgIpc) is 2.65. The van der Waals surface area contributed by atoms with Gasteiger partial charge in [-0.05, 0) is 53.6 Å². The Hall–Kier alpha value is -2.61. The number of benzene rings is 1. The van der Waals surface area contributed by atoms with Crippen LogP contribution >= 0.6 is 0 Å². The van der Waals surface area contributed by atoms with Crippen LogP contribution in [0.15, 0.2) is 41.4 Å². The van der Waals surface area contributed by atoms with Crippen LogP contribution in [0, 0.1) is 11.8 Å². The van der Waals surface area contributed by atoms with E-state index in [9.17, 15) is 13.2 Å². The number of carbonyl (C=O) groups excluding carboxylic acids is 1. The molecule has 158 valence electrons. The van der Waals surface area contributed by atoms with Crippen LogP contribution in [0.2, 0.25) is 0 Å². The third kappa shape index (κ3) is 6.74. The van der Waals surface area contributed by atoms with Crippen molar-refractivity contribution in [1.82, 2.24) is 4.98 Å². The lowest BCUT2D eigenvalue weighted by molar-refractivity contribution is 0.187. The molecule has 1 aromatic heterocycles. The van der Waals surface area contributed by atoms with Gasteiger partial charge in [0.1, 0.15) is 16.5 Å². The number of methoxy groups -OCH3 is 1. The zero-order valence-corrected chi connectivity index (χ0v) is 18.2. The van der Waals surface area contributed by atoms with Crippen LogP contribution in [0.5, 0.6) is 5.75 Å². The summed E-state index contributed by atoms with van der Waals surface area (Å²) in [6.45, 7) is 6.82. The number of sulfone groups is 1. The number of amides is 1. The number of hydrogen-bond donors (Lipinski definition) is 1. The van der Waals surface area contributed by atoms with Gasteiger partial charge in [0.25, 0.3) is 0 Å². The highest BCUT2D eigenvalue weighted by Crippen LogP contribution is 2.31. The Morgan fingerprint density at radius 1 is 1.14 bits per heavy atom. The number of aromatic nitrogens is 1. The van der Waals surface area contributed by atoms with Gasteiger partial charge in [-0.1, -0.05) is 26.8 Å². The molecule has 0 aliphatic rings. The van der Waals surface area contributed by atoms with E-state index >= 15 is 0 Å². The van der Waals surface area contributed by atoms with Crippen LogP contribution in [0.25, 0.3) is 11.1 Å². The SMILES string of the molecule is COC(=O)Nc1cc(-c2ccc(OCC(C)CC(C)C)c(S(C)(=O)=O)c2)ccn1. The molecule has 29 heavy (non-hydrogen) atoms. The molecule has 0 aliphatic heterocycles.